The van der Waals surface area contributed by atoms with Crippen molar-refractivity contribution in [3.8, 4) is 0 Å². The molecule has 0 unspecified atom stereocenters. The molecule has 0 fully saturated rings. The summed E-state index contributed by atoms with van der Waals surface area (Å²) in [4.78, 5) is 16.7. The van der Waals surface area contributed by atoms with Crippen molar-refractivity contribution in [3.63, 3.8) is 0 Å². The van der Waals surface area contributed by atoms with Gasteiger partial charge in [0.1, 0.15) is 0 Å². The predicted octanol–water partition coefficient (Wildman–Crippen LogP) is 5.44. The molecule has 0 bridgehead atoms. The van der Waals surface area contributed by atoms with Gasteiger partial charge in [-0.15, -0.1) is 0 Å². The zero-order valence-corrected chi connectivity index (χ0v) is 13.9. The summed E-state index contributed by atoms with van der Waals surface area (Å²) in [5, 5.41) is 3.49. The highest BCUT2D eigenvalue weighted by atomic mass is 32.1. The number of anilines is 2. The smallest absolute Gasteiger partial charge is 0.332 e. The number of hydrogen-bond acceptors (Lipinski definition) is 4. The number of thiazole rings is 1. The Kier molecular flexibility index (Phi) is 4.59. The molecular weight excluding hydrogens is 349 g/mol. The second-order valence-corrected chi connectivity index (χ2v) is 6.43. The Morgan fingerprint density at radius 3 is 2.60 bits per heavy atom. The van der Waals surface area contributed by atoms with Crippen LogP contribution in [-0.2, 0) is 6.18 Å². The molecule has 0 spiro atoms. The molecule has 0 saturated carbocycles. The first-order valence-electron chi connectivity index (χ1n) is 7.35. The first-order valence-corrected chi connectivity index (χ1v) is 8.17. The molecule has 25 heavy (non-hydrogen) atoms. The number of benzene rings is 2. The standard InChI is InChI=1S/C18H13F3N2OS/c1-11-5-4-6-12(9-11)23-17-22-10-15(25-17)16(24)13-7-2-3-8-14(13)18(19,20)21/h2-10H,1H3,(H,22,23). The van der Waals surface area contributed by atoms with Crippen LogP contribution in [0.4, 0.5) is 24.0 Å². The molecule has 0 aliphatic heterocycles. The molecule has 1 N–H and O–H groups in total. The number of nitrogens with one attached hydrogen (secondary N) is 1. The molecule has 1 aromatic heterocycles. The van der Waals surface area contributed by atoms with Gasteiger partial charge in [0.15, 0.2) is 5.13 Å². The first-order chi connectivity index (χ1) is 11.8. The van der Waals surface area contributed by atoms with Gasteiger partial charge >= 0.3 is 6.18 Å². The van der Waals surface area contributed by atoms with E-state index in [-0.39, 0.29) is 10.4 Å². The number of nitrogens with zero attached hydrogens (tertiary/aromatic N) is 1. The van der Waals surface area contributed by atoms with E-state index in [1.165, 1.54) is 24.4 Å². The van der Waals surface area contributed by atoms with Gasteiger partial charge in [-0.25, -0.2) is 4.98 Å². The zero-order valence-electron chi connectivity index (χ0n) is 13.1. The third-order valence-electron chi connectivity index (χ3n) is 3.48. The van der Waals surface area contributed by atoms with E-state index in [1.54, 1.807) is 0 Å². The average Bonchev–Trinajstić information content (AvgIpc) is 3.02. The van der Waals surface area contributed by atoms with Gasteiger partial charge in [0.05, 0.1) is 16.6 Å². The number of alkyl halides is 3. The fraction of sp³-hybridized carbons (Fsp3) is 0.111. The van der Waals surface area contributed by atoms with E-state index < -0.39 is 17.5 Å². The van der Waals surface area contributed by atoms with Crippen molar-refractivity contribution >= 4 is 27.9 Å². The number of aromatic nitrogens is 1. The molecule has 2 aromatic carbocycles. The third-order valence-corrected chi connectivity index (χ3v) is 4.39. The number of rotatable bonds is 4. The second-order valence-electron chi connectivity index (χ2n) is 5.40. The van der Waals surface area contributed by atoms with Crippen LogP contribution in [-0.4, -0.2) is 10.8 Å². The van der Waals surface area contributed by atoms with E-state index in [2.05, 4.69) is 10.3 Å². The Balaban J connectivity index is 1.87. The lowest BCUT2D eigenvalue weighted by molar-refractivity contribution is -0.137. The minimum atomic E-state index is -4.58. The summed E-state index contributed by atoms with van der Waals surface area (Å²) in [5.41, 5.74) is 0.531. The molecule has 3 nitrogen and oxygen atoms in total. The lowest BCUT2D eigenvalue weighted by atomic mass is 10.0. The van der Waals surface area contributed by atoms with Crippen LogP contribution in [0.15, 0.2) is 54.7 Å². The molecule has 0 saturated heterocycles. The lowest BCUT2D eigenvalue weighted by Gasteiger charge is -2.10. The quantitative estimate of drug-likeness (QED) is 0.628. The summed E-state index contributed by atoms with van der Waals surface area (Å²) in [6.07, 6.45) is -3.29. The number of aryl methyl sites for hydroxylation is 1. The van der Waals surface area contributed by atoms with Crippen molar-refractivity contribution in [2.75, 3.05) is 5.32 Å². The van der Waals surface area contributed by atoms with Crippen LogP contribution >= 0.6 is 11.3 Å². The van der Waals surface area contributed by atoms with Gasteiger partial charge in [0, 0.05) is 11.3 Å². The largest absolute Gasteiger partial charge is 0.417 e. The zero-order chi connectivity index (χ0) is 18.0. The summed E-state index contributed by atoms with van der Waals surface area (Å²) in [5.74, 6) is -0.692. The minimum absolute atomic E-state index is 0.145. The molecule has 3 rings (SSSR count). The average molecular weight is 362 g/mol. The first kappa shape index (κ1) is 17.2. The highest BCUT2D eigenvalue weighted by Crippen LogP contribution is 2.34. The molecule has 0 radical (unpaired) electrons. The fourth-order valence-corrected chi connectivity index (χ4v) is 3.13. The molecular formula is C18H13F3N2OS. The van der Waals surface area contributed by atoms with Crippen LogP contribution < -0.4 is 5.32 Å². The normalized spacial score (nSPS) is 11.4. The van der Waals surface area contributed by atoms with Crippen molar-refractivity contribution in [3.05, 3.63) is 76.3 Å². The number of carbonyl (C=O) groups is 1. The van der Waals surface area contributed by atoms with E-state index in [1.807, 2.05) is 31.2 Å². The van der Waals surface area contributed by atoms with Crippen LogP contribution in [0.1, 0.15) is 26.4 Å². The topological polar surface area (TPSA) is 42.0 Å². The number of halogens is 3. The minimum Gasteiger partial charge on any atom is -0.332 e. The summed E-state index contributed by atoms with van der Waals surface area (Å²) < 4.78 is 39.2. The SMILES string of the molecule is Cc1cccc(Nc2ncc(C(=O)c3ccccc3C(F)(F)F)s2)c1. The Morgan fingerprint density at radius 2 is 1.88 bits per heavy atom. The predicted molar refractivity (Wildman–Crippen MR) is 91.5 cm³/mol. The van der Waals surface area contributed by atoms with Crippen LogP contribution in [0.3, 0.4) is 0 Å². The molecule has 7 heteroatoms. The molecule has 0 aliphatic carbocycles. The molecule has 128 valence electrons. The molecule has 3 aromatic rings. The van der Waals surface area contributed by atoms with Gasteiger partial charge in [-0.05, 0) is 30.7 Å². The monoisotopic (exact) mass is 362 g/mol. The maximum Gasteiger partial charge on any atom is 0.417 e. The highest BCUT2D eigenvalue weighted by Gasteiger charge is 2.35. The van der Waals surface area contributed by atoms with Crippen molar-refractivity contribution in [2.45, 2.75) is 13.1 Å². The maximum atomic E-state index is 13.1. The second kappa shape index (κ2) is 6.68. The number of hydrogen-bond donors (Lipinski definition) is 1. The molecule has 0 aliphatic rings. The fourth-order valence-electron chi connectivity index (χ4n) is 2.34. The van der Waals surface area contributed by atoms with Crippen LogP contribution in [0.25, 0.3) is 0 Å². The Labute approximate surface area is 146 Å². The van der Waals surface area contributed by atoms with Crippen LogP contribution in [0.2, 0.25) is 0 Å². The summed E-state index contributed by atoms with van der Waals surface area (Å²) in [6.45, 7) is 1.94. The summed E-state index contributed by atoms with van der Waals surface area (Å²) in [7, 11) is 0. The molecule has 1 heterocycles. The lowest BCUT2D eigenvalue weighted by Crippen LogP contribution is -2.12. The highest BCUT2D eigenvalue weighted by molar-refractivity contribution is 7.17. The molecule has 0 atom stereocenters. The van der Waals surface area contributed by atoms with Crippen LogP contribution in [0.5, 0.6) is 0 Å². The van der Waals surface area contributed by atoms with Gasteiger partial charge in [-0.1, -0.05) is 41.7 Å². The van der Waals surface area contributed by atoms with Crippen molar-refractivity contribution in [1.82, 2.24) is 4.98 Å². The number of ketones is 1. The van der Waals surface area contributed by atoms with Crippen molar-refractivity contribution in [2.24, 2.45) is 0 Å². The van der Waals surface area contributed by atoms with Gasteiger partial charge in [-0.2, -0.15) is 13.2 Å². The van der Waals surface area contributed by atoms with Crippen LogP contribution in [0, 0.1) is 6.92 Å². The Hall–Kier alpha value is -2.67. The van der Waals surface area contributed by atoms with Gasteiger partial charge in [-0.3, -0.25) is 4.79 Å². The van der Waals surface area contributed by atoms with Crippen molar-refractivity contribution in [1.29, 1.82) is 0 Å². The summed E-state index contributed by atoms with van der Waals surface area (Å²) in [6, 6.07) is 12.3. The van der Waals surface area contributed by atoms with Gasteiger partial charge in [0.25, 0.3) is 0 Å². The van der Waals surface area contributed by atoms with E-state index in [0.717, 1.165) is 28.7 Å². The van der Waals surface area contributed by atoms with E-state index in [9.17, 15) is 18.0 Å². The third kappa shape index (κ3) is 3.88. The van der Waals surface area contributed by atoms with E-state index in [0.29, 0.717) is 5.13 Å². The van der Waals surface area contributed by atoms with E-state index >= 15 is 0 Å². The van der Waals surface area contributed by atoms with Gasteiger partial charge < -0.3 is 5.32 Å². The van der Waals surface area contributed by atoms with Gasteiger partial charge in [0.2, 0.25) is 5.78 Å². The Morgan fingerprint density at radius 1 is 1.12 bits per heavy atom. The van der Waals surface area contributed by atoms with Crippen molar-refractivity contribution < 1.29 is 18.0 Å². The summed E-state index contributed by atoms with van der Waals surface area (Å²) >= 11 is 1.02. The van der Waals surface area contributed by atoms with E-state index in [4.69, 9.17) is 0 Å². The maximum absolute atomic E-state index is 13.1. The number of carbonyl (C=O) groups excluding carboxylic acids is 1. The Bertz CT molecular complexity index is 918. The molecule has 0 amide bonds.